The van der Waals surface area contributed by atoms with E-state index in [2.05, 4.69) is 20.6 Å². The van der Waals surface area contributed by atoms with E-state index in [1.807, 2.05) is 49.4 Å². The highest BCUT2D eigenvalue weighted by Crippen LogP contribution is 2.33. The smallest absolute Gasteiger partial charge is 0.229 e. The summed E-state index contributed by atoms with van der Waals surface area (Å²) in [5.41, 5.74) is 1.68. The highest BCUT2D eigenvalue weighted by atomic mass is 16.6. The molecule has 7 heteroatoms. The minimum Gasteiger partial charge on any atom is -0.492 e. The van der Waals surface area contributed by atoms with E-state index in [0.717, 1.165) is 22.9 Å². The number of para-hydroxylation sites is 2. The van der Waals surface area contributed by atoms with Gasteiger partial charge in [-0.1, -0.05) is 12.1 Å². The Morgan fingerprint density at radius 2 is 1.85 bits per heavy atom. The van der Waals surface area contributed by atoms with Crippen LogP contribution in [0.5, 0.6) is 17.2 Å². The molecule has 0 saturated heterocycles. The van der Waals surface area contributed by atoms with Gasteiger partial charge in [0.1, 0.15) is 24.8 Å². The van der Waals surface area contributed by atoms with Gasteiger partial charge in [0.25, 0.3) is 0 Å². The van der Waals surface area contributed by atoms with Crippen molar-refractivity contribution in [1.82, 2.24) is 9.97 Å². The van der Waals surface area contributed by atoms with Gasteiger partial charge in [0.2, 0.25) is 5.95 Å². The Morgan fingerprint density at radius 1 is 1.00 bits per heavy atom. The van der Waals surface area contributed by atoms with Crippen molar-refractivity contribution in [3.05, 3.63) is 54.7 Å². The van der Waals surface area contributed by atoms with E-state index < -0.39 is 0 Å². The molecule has 0 fully saturated rings. The van der Waals surface area contributed by atoms with Crippen molar-refractivity contribution in [2.75, 3.05) is 30.5 Å². The van der Waals surface area contributed by atoms with Gasteiger partial charge in [0.15, 0.2) is 11.5 Å². The summed E-state index contributed by atoms with van der Waals surface area (Å²) in [5, 5.41) is 6.46. The van der Waals surface area contributed by atoms with Crippen molar-refractivity contribution < 1.29 is 14.2 Å². The Labute approximate surface area is 157 Å². The van der Waals surface area contributed by atoms with Crippen molar-refractivity contribution in [1.29, 1.82) is 0 Å². The molecule has 138 valence electrons. The molecule has 3 aromatic rings. The molecule has 4 rings (SSSR count). The van der Waals surface area contributed by atoms with E-state index in [4.69, 9.17) is 14.2 Å². The van der Waals surface area contributed by atoms with E-state index in [9.17, 15) is 0 Å². The van der Waals surface area contributed by atoms with Crippen molar-refractivity contribution in [3.8, 4) is 17.2 Å². The molecule has 2 N–H and O–H groups in total. The first-order chi connectivity index (χ1) is 13.3. The molecule has 0 atom stereocenters. The maximum Gasteiger partial charge on any atom is 0.229 e. The SMILES string of the molecule is CCOc1ccccc1Nc1ccnc(Nc2ccc3c(c2)OCCO3)n1. The van der Waals surface area contributed by atoms with Crippen molar-refractivity contribution in [2.24, 2.45) is 0 Å². The topological polar surface area (TPSA) is 77.5 Å². The molecule has 1 aromatic heterocycles. The van der Waals surface area contributed by atoms with Crippen LogP contribution in [-0.4, -0.2) is 29.8 Å². The third kappa shape index (κ3) is 4.03. The summed E-state index contributed by atoms with van der Waals surface area (Å²) in [7, 11) is 0. The van der Waals surface area contributed by atoms with Gasteiger partial charge in [0, 0.05) is 18.0 Å². The first kappa shape index (κ1) is 17.0. The quantitative estimate of drug-likeness (QED) is 0.681. The molecule has 2 heterocycles. The summed E-state index contributed by atoms with van der Waals surface area (Å²) < 4.78 is 16.8. The fraction of sp³-hybridized carbons (Fsp3) is 0.200. The monoisotopic (exact) mass is 364 g/mol. The number of nitrogens with one attached hydrogen (secondary N) is 2. The lowest BCUT2D eigenvalue weighted by molar-refractivity contribution is 0.171. The molecule has 2 aromatic carbocycles. The van der Waals surface area contributed by atoms with Gasteiger partial charge in [-0.2, -0.15) is 4.98 Å². The van der Waals surface area contributed by atoms with E-state index in [-0.39, 0.29) is 0 Å². The summed E-state index contributed by atoms with van der Waals surface area (Å²) in [4.78, 5) is 8.80. The molecular formula is C20H20N4O3. The van der Waals surface area contributed by atoms with Gasteiger partial charge in [-0.15, -0.1) is 0 Å². The van der Waals surface area contributed by atoms with Crippen molar-refractivity contribution in [2.45, 2.75) is 6.92 Å². The van der Waals surface area contributed by atoms with Gasteiger partial charge in [0.05, 0.1) is 12.3 Å². The lowest BCUT2D eigenvalue weighted by Gasteiger charge is -2.19. The van der Waals surface area contributed by atoms with Crippen LogP contribution in [0.4, 0.5) is 23.1 Å². The number of nitrogens with zero attached hydrogens (tertiary/aromatic N) is 2. The highest BCUT2D eigenvalue weighted by molar-refractivity contribution is 5.65. The first-order valence-corrected chi connectivity index (χ1v) is 8.80. The zero-order chi connectivity index (χ0) is 18.5. The predicted octanol–water partition coefficient (Wildman–Crippen LogP) is 4.13. The highest BCUT2D eigenvalue weighted by Gasteiger charge is 2.12. The van der Waals surface area contributed by atoms with Crippen molar-refractivity contribution >= 4 is 23.1 Å². The summed E-state index contributed by atoms with van der Waals surface area (Å²) in [5.74, 6) is 3.38. The second-order valence-electron chi connectivity index (χ2n) is 5.80. The molecule has 1 aliphatic rings. The Kier molecular flexibility index (Phi) is 4.91. The van der Waals surface area contributed by atoms with Crippen LogP contribution < -0.4 is 24.8 Å². The molecule has 0 radical (unpaired) electrons. The maximum absolute atomic E-state index is 5.64. The largest absolute Gasteiger partial charge is 0.492 e. The Morgan fingerprint density at radius 3 is 2.74 bits per heavy atom. The minimum atomic E-state index is 0.477. The minimum absolute atomic E-state index is 0.477. The molecule has 0 saturated carbocycles. The van der Waals surface area contributed by atoms with Crippen LogP contribution in [0, 0.1) is 0 Å². The zero-order valence-corrected chi connectivity index (χ0v) is 14.9. The van der Waals surface area contributed by atoms with Crippen molar-refractivity contribution in [3.63, 3.8) is 0 Å². The Bertz CT molecular complexity index is 933. The van der Waals surface area contributed by atoms with Gasteiger partial charge in [-0.25, -0.2) is 4.98 Å². The number of aromatic nitrogens is 2. The van der Waals surface area contributed by atoms with E-state index in [0.29, 0.717) is 37.3 Å². The molecular weight excluding hydrogens is 344 g/mol. The van der Waals surface area contributed by atoms with Crippen LogP contribution in [0.1, 0.15) is 6.92 Å². The number of hydrogen-bond donors (Lipinski definition) is 2. The standard InChI is InChI=1S/C20H20N4O3/c1-2-25-16-6-4-3-5-15(16)23-19-9-10-21-20(24-19)22-14-7-8-17-18(13-14)27-12-11-26-17/h3-10,13H,2,11-12H2,1H3,(H2,21,22,23,24). The van der Waals surface area contributed by atoms with Gasteiger partial charge in [-0.05, 0) is 37.3 Å². The fourth-order valence-electron chi connectivity index (χ4n) is 2.73. The van der Waals surface area contributed by atoms with E-state index in [1.165, 1.54) is 0 Å². The lowest BCUT2D eigenvalue weighted by Crippen LogP contribution is -2.15. The number of benzene rings is 2. The molecule has 0 amide bonds. The Balaban J connectivity index is 1.51. The summed E-state index contributed by atoms with van der Waals surface area (Å²) in [6.07, 6.45) is 1.69. The summed E-state index contributed by atoms with van der Waals surface area (Å²) in [6.45, 7) is 3.67. The molecule has 27 heavy (non-hydrogen) atoms. The van der Waals surface area contributed by atoms with Crippen LogP contribution in [0.25, 0.3) is 0 Å². The van der Waals surface area contributed by atoms with Gasteiger partial charge in [-0.3, -0.25) is 0 Å². The third-order valence-corrected chi connectivity index (χ3v) is 3.90. The molecule has 0 aliphatic carbocycles. The number of rotatable bonds is 6. The second-order valence-corrected chi connectivity index (χ2v) is 5.80. The predicted molar refractivity (Wildman–Crippen MR) is 104 cm³/mol. The molecule has 7 nitrogen and oxygen atoms in total. The number of fused-ring (bicyclic) bond motifs is 1. The number of anilines is 4. The molecule has 1 aliphatic heterocycles. The van der Waals surface area contributed by atoms with Crippen LogP contribution in [-0.2, 0) is 0 Å². The summed E-state index contributed by atoms with van der Waals surface area (Å²) in [6, 6.07) is 15.2. The maximum atomic E-state index is 5.64. The average molecular weight is 364 g/mol. The zero-order valence-electron chi connectivity index (χ0n) is 14.9. The van der Waals surface area contributed by atoms with E-state index in [1.54, 1.807) is 12.3 Å². The summed E-state index contributed by atoms with van der Waals surface area (Å²) >= 11 is 0. The van der Waals surface area contributed by atoms with Crippen LogP contribution >= 0.6 is 0 Å². The normalized spacial score (nSPS) is 12.3. The molecule has 0 unspecified atom stereocenters. The third-order valence-electron chi connectivity index (χ3n) is 3.90. The van der Waals surface area contributed by atoms with Crippen LogP contribution in [0.2, 0.25) is 0 Å². The first-order valence-electron chi connectivity index (χ1n) is 8.80. The second kappa shape index (κ2) is 7.82. The fourth-order valence-corrected chi connectivity index (χ4v) is 2.73. The van der Waals surface area contributed by atoms with Crippen LogP contribution in [0.3, 0.4) is 0 Å². The Hall–Kier alpha value is -3.48. The van der Waals surface area contributed by atoms with Gasteiger partial charge < -0.3 is 24.8 Å². The number of ether oxygens (including phenoxy) is 3. The van der Waals surface area contributed by atoms with Gasteiger partial charge >= 0.3 is 0 Å². The lowest BCUT2D eigenvalue weighted by atomic mass is 10.2. The average Bonchev–Trinajstić information content (AvgIpc) is 2.70. The van der Waals surface area contributed by atoms with Crippen LogP contribution in [0.15, 0.2) is 54.7 Å². The molecule has 0 spiro atoms. The number of hydrogen-bond acceptors (Lipinski definition) is 7. The van der Waals surface area contributed by atoms with E-state index >= 15 is 0 Å². The molecule has 0 bridgehead atoms.